The molecule has 3 heterocycles. The number of hydrogen-bond acceptors (Lipinski definition) is 9. The highest BCUT2D eigenvalue weighted by Crippen LogP contribution is 2.48. The third-order valence-electron chi connectivity index (χ3n) is 6.41. The maximum atomic E-state index is 13.2. The minimum absolute atomic E-state index is 0.0149. The maximum Gasteiger partial charge on any atom is 0.249 e. The number of fused-ring (bicyclic) bond motifs is 1. The summed E-state index contributed by atoms with van der Waals surface area (Å²) in [5, 5.41) is 19.5. The van der Waals surface area contributed by atoms with Crippen molar-refractivity contribution in [1.82, 2.24) is 20.4 Å². The molecule has 11 heteroatoms. The van der Waals surface area contributed by atoms with Gasteiger partial charge >= 0.3 is 0 Å². The molecule has 1 aromatic carbocycles. The number of halogens is 2. The number of hydrogen-bond donors (Lipinski definition) is 3. The molecule has 1 aromatic heterocycles. The van der Waals surface area contributed by atoms with Crippen LogP contribution in [0, 0.1) is 12.5 Å². The van der Waals surface area contributed by atoms with Gasteiger partial charge in [0.15, 0.2) is 0 Å². The first-order valence-electron chi connectivity index (χ1n) is 11.4. The molecule has 2 aromatic rings. The van der Waals surface area contributed by atoms with Crippen LogP contribution < -0.4 is 5.32 Å². The van der Waals surface area contributed by atoms with Crippen LogP contribution in [0.3, 0.4) is 0 Å². The zero-order chi connectivity index (χ0) is 24.6. The monoisotopic (exact) mass is 481 g/mol. The number of aromatic nitrogens is 2. The molecule has 0 saturated heterocycles. The van der Waals surface area contributed by atoms with Gasteiger partial charge in [-0.05, 0) is 36.3 Å². The van der Waals surface area contributed by atoms with Crippen LogP contribution in [0.5, 0.6) is 0 Å². The topological polar surface area (TPSA) is 123 Å². The molecule has 3 aliphatic rings. The van der Waals surface area contributed by atoms with Gasteiger partial charge < -0.3 is 19.8 Å². The van der Waals surface area contributed by atoms with Gasteiger partial charge in [-0.25, -0.2) is 14.3 Å². The lowest BCUT2D eigenvalue weighted by Gasteiger charge is -2.31. The largest absolute Gasteiger partial charge is 0.395 e. The van der Waals surface area contributed by atoms with Crippen LogP contribution in [0.25, 0.3) is 11.4 Å². The van der Waals surface area contributed by atoms with E-state index in [9.17, 15) is 8.78 Å². The molecule has 35 heavy (non-hydrogen) atoms. The van der Waals surface area contributed by atoms with Gasteiger partial charge in [-0.1, -0.05) is 17.3 Å². The number of nitrogens with zero attached hydrogens (tertiary/aromatic N) is 5. The quantitative estimate of drug-likeness (QED) is 0.383. The Morgan fingerprint density at radius 3 is 2.97 bits per heavy atom. The zero-order valence-electron chi connectivity index (χ0n) is 19.1. The molecule has 2 aliphatic heterocycles. The van der Waals surface area contributed by atoms with Gasteiger partial charge in [0.2, 0.25) is 17.6 Å². The number of benzene rings is 1. The number of nitrogens with one attached hydrogen (secondary N) is 2. The molecule has 1 saturated carbocycles. The minimum atomic E-state index is -2.64. The molecule has 1 unspecified atom stereocenters. The van der Waals surface area contributed by atoms with E-state index in [0.29, 0.717) is 24.6 Å². The third-order valence-corrected chi connectivity index (χ3v) is 6.41. The number of aliphatic imine (C=N–C) groups is 1. The molecule has 0 spiro atoms. The van der Waals surface area contributed by atoms with Gasteiger partial charge in [0.05, 0.1) is 19.2 Å². The average Bonchev–Trinajstić information content (AvgIpc) is 3.48. The second kappa shape index (κ2) is 9.14. The van der Waals surface area contributed by atoms with Crippen LogP contribution in [-0.4, -0.2) is 51.6 Å². The molecule has 0 bridgehead atoms. The van der Waals surface area contributed by atoms with E-state index in [0.717, 1.165) is 28.1 Å². The zero-order valence-corrected chi connectivity index (χ0v) is 19.1. The Bertz CT molecular complexity index is 1260. The van der Waals surface area contributed by atoms with E-state index >= 15 is 0 Å². The Kier molecular flexibility index (Phi) is 6.01. The van der Waals surface area contributed by atoms with Crippen molar-refractivity contribution in [1.29, 1.82) is 5.53 Å². The fourth-order valence-electron chi connectivity index (χ4n) is 4.47. The van der Waals surface area contributed by atoms with E-state index in [1.54, 1.807) is 6.20 Å². The Hall–Kier alpha value is -3.73. The van der Waals surface area contributed by atoms with E-state index in [-0.39, 0.29) is 31.4 Å². The number of alkyl halides is 2. The van der Waals surface area contributed by atoms with Crippen LogP contribution in [0.2, 0.25) is 0 Å². The average molecular weight is 482 g/mol. The summed E-state index contributed by atoms with van der Waals surface area (Å²) >= 11 is 0. The van der Waals surface area contributed by atoms with Gasteiger partial charge in [-0.2, -0.15) is 10.1 Å². The number of allylic oxidation sites excluding steroid dienone is 1. The number of rotatable bonds is 8. The normalized spacial score (nSPS) is 21.3. The smallest absolute Gasteiger partial charge is 0.249 e. The fraction of sp³-hybridized carbons (Fsp3) is 0.375. The fourth-order valence-corrected chi connectivity index (χ4v) is 4.47. The van der Waals surface area contributed by atoms with Gasteiger partial charge in [-0.3, -0.25) is 4.99 Å². The summed E-state index contributed by atoms with van der Waals surface area (Å²) in [5.74, 6) is -1.63. The third kappa shape index (κ3) is 4.51. The second-order valence-electron chi connectivity index (χ2n) is 8.85. The van der Waals surface area contributed by atoms with E-state index in [1.165, 1.54) is 0 Å². The molecule has 1 atom stereocenters. The molecule has 3 N–H and O–H groups in total. The summed E-state index contributed by atoms with van der Waals surface area (Å²) in [6.07, 6.45) is 6.76. The number of aliphatic hydroxyl groups is 1. The van der Waals surface area contributed by atoms with E-state index < -0.39 is 11.8 Å². The van der Waals surface area contributed by atoms with Crippen molar-refractivity contribution >= 4 is 5.84 Å². The minimum Gasteiger partial charge on any atom is -0.395 e. The molecule has 1 fully saturated rings. The molecule has 0 amide bonds. The Balaban J connectivity index is 1.34. The first kappa shape index (κ1) is 23.0. The Morgan fingerprint density at radius 1 is 1.40 bits per heavy atom. The van der Waals surface area contributed by atoms with Crippen LogP contribution in [0.1, 0.15) is 41.8 Å². The summed E-state index contributed by atoms with van der Waals surface area (Å²) in [4.78, 5) is 11.1. The van der Waals surface area contributed by atoms with Crippen molar-refractivity contribution in [3.05, 3.63) is 71.0 Å². The molecule has 182 valence electrons. The first-order valence-corrected chi connectivity index (χ1v) is 11.4. The Labute approximate surface area is 200 Å². The summed E-state index contributed by atoms with van der Waals surface area (Å²) in [5.41, 5.74) is 11.5. The lowest BCUT2D eigenvalue weighted by atomic mass is 9.81. The lowest BCUT2D eigenvalue weighted by molar-refractivity contribution is -0.0925. The predicted molar refractivity (Wildman–Crippen MR) is 124 cm³/mol. The molecular formula is C24H25F2N7O2. The van der Waals surface area contributed by atoms with Crippen molar-refractivity contribution in [2.24, 2.45) is 10.1 Å². The van der Waals surface area contributed by atoms with Crippen LogP contribution in [-0.2, 0) is 0 Å². The number of aryl methyl sites for hydroxylation is 1. The molecular weight excluding hydrogens is 456 g/mol. The van der Waals surface area contributed by atoms with Gasteiger partial charge in [0.25, 0.3) is 0 Å². The summed E-state index contributed by atoms with van der Waals surface area (Å²) in [6, 6.07) is 5.84. The second-order valence-corrected chi connectivity index (χ2v) is 8.85. The lowest BCUT2D eigenvalue weighted by Crippen LogP contribution is -2.33. The summed E-state index contributed by atoms with van der Waals surface area (Å²) in [6.45, 7) is 2.92. The molecule has 0 radical (unpaired) electrons. The van der Waals surface area contributed by atoms with Crippen molar-refractivity contribution in [3.63, 3.8) is 0 Å². The van der Waals surface area contributed by atoms with E-state index in [4.69, 9.17) is 15.2 Å². The highest BCUT2D eigenvalue weighted by atomic mass is 19.3. The highest BCUT2D eigenvalue weighted by molar-refractivity contribution is 5.98. The van der Waals surface area contributed by atoms with Crippen molar-refractivity contribution in [2.75, 3.05) is 19.7 Å². The van der Waals surface area contributed by atoms with Gasteiger partial charge in [0, 0.05) is 48.8 Å². The first-order chi connectivity index (χ1) is 16.9. The summed E-state index contributed by atoms with van der Waals surface area (Å²) < 4.78 is 31.7. The van der Waals surface area contributed by atoms with E-state index in [1.807, 2.05) is 43.5 Å². The van der Waals surface area contributed by atoms with Crippen molar-refractivity contribution < 1.29 is 18.4 Å². The standard InChI is InChI=1S/C24H25F2N7O2/c1-14-2-3-16(22-30-23(35-32-22)17-10-24(25,26)11-17)8-18(14)20-13-29-21-9-15(4-6-33(20)21)19(31-27)12-28-5-7-34/h2-4,6,8-9,12,17,20,27-28,34H,5,7,10-11,13H2,1H3/b19-12-,31-27?. The van der Waals surface area contributed by atoms with E-state index in [2.05, 4.69) is 30.5 Å². The highest BCUT2D eigenvalue weighted by Gasteiger charge is 2.48. The predicted octanol–water partition coefficient (Wildman–Crippen LogP) is 4.22. The Morgan fingerprint density at radius 2 is 2.23 bits per heavy atom. The SMILES string of the molecule is Cc1ccc(-c2noc(C3CC(F)(F)C3)n2)cc1C1CN=C2C=C(/C(=C/NCCO)N=N)C=CN21. The molecule has 5 rings (SSSR count). The van der Waals surface area contributed by atoms with Gasteiger partial charge in [-0.15, -0.1) is 0 Å². The van der Waals surface area contributed by atoms with Gasteiger partial charge in [0.1, 0.15) is 11.5 Å². The maximum absolute atomic E-state index is 13.2. The summed E-state index contributed by atoms with van der Waals surface area (Å²) in [7, 11) is 0. The van der Waals surface area contributed by atoms with Crippen LogP contribution in [0.4, 0.5) is 8.78 Å². The molecule has 9 nitrogen and oxygen atoms in total. The number of aliphatic hydroxyl groups excluding tert-OH is 1. The van der Waals surface area contributed by atoms with Crippen LogP contribution in [0.15, 0.2) is 68.7 Å². The number of amidine groups is 1. The van der Waals surface area contributed by atoms with Crippen molar-refractivity contribution in [2.45, 2.75) is 37.6 Å². The van der Waals surface area contributed by atoms with Crippen LogP contribution >= 0.6 is 0 Å². The molecule has 1 aliphatic carbocycles. The van der Waals surface area contributed by atoms with Crippen molar-refractivity contribution in [3.8, 4) is 11.4 Å².